The van der Waals surface area contributed by atoms with Crippen molar-refractivity contribution in [2.45, 2.75) is 13.8 Å². The molecule has 0 amide bonds. The lowest BCUT2D eigenvalue weighted by atomic mass is 10.1. The molecule has 0 saturated carbocycles. The fourth-order valence-electron chi connectivity index (χ4n) is 1.51. The predicted molar refractivity (Wildman–Crippen MR) is 47.7 cm³/mol. The van der Waals surface area contributed by atoms with E-state index in [1.54, 1.807) is 13.0 Å². The van der Waals surface area contributed by atoms with E-state index in [-0.39, 0.29) is 5.82 Å². The summed E-state index contributed by atoms with van der Waals surface area (Å²) in [5, 5.41) is 0.979. The number of aromatic amines is 1. The van der Waals surface area contributed by atoms with Gasteiger partial charge >= 0.3 is 0 Å². The highest BCUT2D eigenvalue weighted by molar-refractivity contribution is 5.85. The van der Waals surface area contributed by atoms with E-state index >= 15 is 0 Å². The van der Waals surface area contributed by atoms with Crippen molar-refractivity contribution in [3.63, 3.8) is 0 Å². The Morgan fingerprint density at radius 2 is 2.08 bits per heavy atom. The second-order valence-corrected chi connectivity index (χ2v) is 3.07. The zero-order valence-electron chi connectivity index (χ0n) is 7.11. The van der Waals surface area contributed by atoms with Crippen molar-refractivity contribution in [3.05, 3.63) is 35.3 Å². The van der Waals surface area contributed by atoms with Gasteiger partial charge in [-0.2, -0.15) is 0 Å². The molecule has 1 aromatic heterocycles. The maximum absolute atomic E-state index is 13.2. The van der Waals surface area contributed by atoms with Crippen molar-refractivity contribution in [1.29, 1.82) is 0 Å². The van der Waals surface area contributed by atoms with Crippen LogP contribution < -0.4 is 0 Å². The number of hydrogen-bond acceptors (Lipinski definition) is 0. The van der Waals surface area contributed by atoms with E-state index in [0.29, 0.717) is 0 Å². The van der Waals surface area contributed by atoms with Crippen molar-refractivity contribution in [1.82, 2.24) is 4.98 Å². The van der Waals surface area contributed by atoms with Crippen molar-refractivity contribution < 1.29 is 4.39 Å². The van der Waals surface area contributed by atoms with Gasteiger partial charge in [0.05, 0.1) is 0 Å². The Labute approximate surface area is 70.2 Å². The van der Waals surface area contributed by atoms with E-state index in [0.717, 1.165) is 22.0 Å². The number of aryl methyl sites for hydroxylation is 2. The number of benzene rings is 1. The monoisotopic (exact) mass is 163 g/mol. The van der Waals surface area contributed by atoms with Crippen LogP contribution in [0.15, 0.2) is 18.3 Å². The Hall–Kier alpha value is -1.31. The first-order valence-corrected chi connectivity index (χ1v) is 3.93. The molecule has 2 heteroatoms. The predicted octanol–water partition coefficient (Wildman–Crippen LogP) is 2.92. The number of H-pyrrole nitrogens is 1. The van der Waals surface area contributed by atoms with Crippen LogP contribution in [0.2, 0.25) is 0 Å². The molecule has 0 aliphatic carbocycles. The standard InChI is InChI=1S/C10H10FN/c1-6-5-9(11)7(2)8-3-4-12-10(6)8/h3-5,12H,1-2H3. The number of aromatic nitrogens is 1. The molecular formula is C10H10FN. The number of rotatable bonds is 0. The average molecular weight is 163 g/mol. The van der Waals surface area contributed by atoms with Crippen LogP contribution in [-0.2, 0) is 0 Å². The van der Waals surface area contributed by atoms with Crippen molar-refractivity contribution in [3.8, 4) is 0 Å². The lowest BCUT2D eigenvalue weighted by molar-refractivity contribution is 0.620. The maximum Gasteiger partial charge on any atom is 0.127 e. The summed E-state index contributed by atoms with van der Waals surface area (Å²) in [5.41, 5.74) is 2.71. The zero-order valence-corrected chi connectivity index (χ0v) is 7.11. The number of nitrogens with one attached hydrogen (secondary N) is 1. The molecule has 0 bridgehead atoms. The smallest absolute Gasteiger partial charge is 0.127 e. The van der Waals surface area contributed by atoms with Crippen molar-refractivity contribution in [2.75, 3.05) is 0 Å². The van der Waals surface area contributed by atoms with E-state index in [9.17, 15) is 4.39 Å². The van der Waals surface area contributed by atoms with E-state index in [4.69, 9.17) is 0 Å². The number of hydrogen-bond donors (Lipinski definition) is 1. The van der Waals surface area contributed by atoms with E-state index in [2.05, 4.69) is 4.98 Å². The highest BCUT2D eigenvalue weighted by Gasteiger charge is 2.05. The SMILES string of the molecule is Cc1c(F)cc(C)c2[nH]ccc12. The topological polar surface area (TPSA) is 15.8 Å². The summed E-state index contributed by atoms with van der Waals surface area (Å²) in [6, 6.07) is 3.47. The molecule has 12 heavy (non-hydrogen) atoms. The summed E-state index contributed by atoms with van der Waals surface area (Å²) in [6.45, 7) is 3.70. The van der Waals surface area contributed by atoms with Gasteiger partial charge in [0.25, 0.3) is 0 Å². The molecule has 0 aliphatic heterocycles. The summed E-state index contributed by atoms with van der Waals surface area (Å²) in [7, 11) is 0. The number of fused-ring (bicyclic) bond motifs is 1. The van der Waals surface area contributed by atoms with Crippen LogP contribution in [0.4, 0.5) is 4.39 Å². The Morgan fingerprint density at radius 3 is 2.83 bits per heavy atom. The third-order valence-electron chi connectivity index (χ3n) is 2.25. The Kier molecular flexibility index (Phi) is 1.43. The van der Waals surface area contributed by atoms with Gasteiger partial charge in [0.1, 0.15) is 5.82 Å². The van der Waals surface area contributed by atoms with Gasteiger partial charge in [-0.15, -0.1) is 0 Å². The van der Waals surface area contributed by atoms with E-state index in [1.807, 2.05) is 19.2 Å². The maximum atomic E-state index is 13.2. The molecule has 0 radical (unpaired) electrons. The second-order valence-electron chi connectivity index (χ2n) is 3.07. The summed E-state index contributed by atoms with van der Waals surface area (Å²) in [6.07, 6.45) is 1.84. The third kappa shape index (κ3) is 0.843. The molecule has 2 rings (SSSR count). The highest BCUT2D eigenvalue weighted by Crippen LogP contribution is 2.22. The molecule has 62 valence electrons. The second kappa shape index (κ2) is 2.34. The van der Waals surface area contributed by atoms with Crippen LogP contribution in [-0.4, -0.2) is 4.98 Å². The molecule has 1 aromatic carbocycles. The van der Waals surface area contributed by atoms with Crippen LogP contribution in [0, 0.1) is 19.7 Å². The quantitative estimate of drug-likeness (QED) is 0.614. The minimum atomic E-state index is -0.125. The Morgan fingerprint density at radius 1 is 1.33 bits per heavy atom. The van der Waals surface area contributed by atoms with Gasteiger partial charge in [0.2, 0.25) is 0 Å². The van der Waals surface area contributed by atoms with Gasteiger partial charge in [0.15, 0.2) is 0 Å². The Bertz CT molecular complexity index is 429. The lowest BCUT2D eigenvalue weighted by Crippen LogP contribution is -1.86. The lowest BCUT2D eigenvalue weighted by Gasteiger charge is -2.01. The van der Waals surface area contributed by atoms with Crippen LogP contribution in [0.1, 0.15) is 11.1 Å². The van der Waals surface area contributed by atoms with Gasteiger partial charge in [-0.1, -0.05) is 0 Å². The molecule has 0 aliphatic rings. The van der Waals surface area contributed by atoms with Gasteiger partial charge in [0, 0.05) is 17.1 Å². The van der Waals surface area contributed by atoms with Gasteiger partial charge in [-0.25, -0.2) is 4.39 Å². The Balaban J connectivity index is 2.97. The zero-order chi connectivity index (χ0) is 8.72. The molecule has 0 saturated heterocycles. The fraction of sp³-hybridized carbons (Fsp3) is 0.200. The largest absolute Gasteiger partial charge is 0.361 e. The molecule has 1 heterocycles. The molecule has 0 atom stereocenters. The van der Waals surface area contributed by atoms with Gasteiger partial charge in [-0.05, 0) is 37.1 Å². The van der Waals surface area contributed by atoms with E-state index in [1.165, 1.54) is 0 Å². The van der Waals surface area contributed by atoms with E-state index < -0.39 is 0 Å². The molecule has 1 nitrogen and oxygen atoms in total. The first-order chi connectivity index (χ1) is 5.70. The summed E-state index contributed by atoms with van der Waals surface area (Å²) in [4.78, 5) is 3.09. The van der Waals surface area contributed by atoms with Crippen LogP contribution >= 0.6 is 0 Å². The molecule has 1 N–H and O–H groups in total. The molecule has 2 aromatic rings. The first-order valence-electron chi connectivity index (χ1n) is 3.93. The van der Waals surface area contributed by atoms with Gasteiger partial charge < -0.3 is 4.98 Å². The fourth-order valence-corrected chi connectivity index (χ4v) is 1.51. The molecule has 0 fully saturated rings. The first kappa shape index (κ1) is 7.35. The normalized spacial score (nSPS) is 10.9. The van der Waals surface area contributed by atoms with Gasteiger partial charge in [-0.3, -0.25) is 0 Å². The minimum absolute atomic E-state index is 0.125. The summed E-state index contributed by atoms with van der Waals surface area (Å²) < 4.78 is 13.2. The molecule has 0 spiro atoms. The van der Waals surface area contributed by atoms with Crippen LogP contribution in [0.25, 0.3) is 10.9 Å². The van der Waals surface area contributed by atoms with Crippen molar-refractivity contribution >= 4 is 10.9 Å². The highest BCUT2D eigenvalue weighted by atomic mass is 19.1. The molecule has 0 unspecified atom stereocenters. The van der Waals surface area contributed by atoms with Crippen LogP contribution in [0.3, 0.4) is 0 Å². The van der Waals surface area contributed by atoms with Crippen molar-refractivity contribution in [2.24, 2.45) is 0 Å². The van der Waals surface area contributed by atoms with Crippen LogP contribution in [0.5, 0.6) is 0 Å². The summed E-state index contributed by atoms with van der Waals surface area (Å²) >= 11 is 0. The average Bonchev–Trinajstić information content (AvgIpc) is 2.48. The molecular weight excluding hydrogens is 153 g/mol. The minimum Gasteiger partial charge on any atom is -0.361 e. The summed E-state index contributed by atoms with van der Waals surface area (Å²) in [5.74, 6) is -0.125. The number of halogens is 1. The third-order valence-corrected chi connectivity index (χ3v) is 2.25.